The average molecular weight is 980 g/mol. The zero-order valence-corrected chi connectivity index (χ0v) is 41.8. The van der Waals surface area contributed by atoms with Gasteiger partial charge in [0, 0.05) is 5.56 Å². The fourth-order valence-electron chi connectivity index (χ4n) is 7.04. The summed E-state index contributed by atoms with van der Waals surface area (Å²) in [5.74, 6) is 0.367. The van der Waals surface area contributed by atoms with Crippen molar-refractivity contribution < 1.29 is 27.2 Å². The Balaban J connectivity index is 0.000000199. The van der Waals surface area contributed by atoms with Gasteiger partial charge in [0.2, 0.25) is 0 Å². The Bertz CT molecular complexity index is 2070. The molecule has 7 aromatic carbocycles. The molecule has 0 saturated carbocycles. The first-order chi connectivity index (χ1) is 30.4. The standard InChI is InChI=1S/C18H27N2O.2C18H15P.CHO.ClH.Ru/c1-17(2,3)13-10-14(18(4,5)6)16(21)15(11-13)20-9-8-19(7)12-20;2*1-4-10-16(11-5-1)19(17-12-6-2-7-13-17)18-14-8-3-9-15-18;1-2;;/h8-12,21H,1-7H3;2*1-15H;1H;1H;/q-1;;;-1;;+3/p+1. The normalized spacial score (nSPS) is 11.8. The molecule has 0 radical (unpaired) electrons. The minimum atomic E-state index is -0.877. The van der Waals surface area contributed by atoms with E-state index in [1.54, 1.807) is 0 Å². The van der Waals surface area contributed by atoms with E-state index in [2.05, 4.69) is 252 Å². The molecule has 8 rings (SSSR count). The van der Waals surface area contributed by atoms with Crippen LogP contribution < -0.4 is 36.7 Å². The Hall–Kier alpha value is -4.88. The van der Waals surface area contributed by atoms with Crippen LogP contribution in [0.5, 0.6) is 5.75 Å². The molecule has 0 aliphatic carbocycles. The van der Waals surface area contributed by atoms with E-state index in [0.717, 1.165) is 11.3 Å². The minimum Gasteiger partial charge on any atom is -0.0620 e. The third-order valence-electron chi connectivity index (χ3n) is 10.2. The van der Waals surface area contributed by atoms with E-state index >= 15 is 0 Å². The molecule has 7 aromatic rings. The predicted octanol–water partition coefficient (Wildman–Crippen LogP) is 11.1. The molecule has 0 bridgehead atoms. The Kier molecular flexibility index (Phi) is 20.5. The Morgan fingerprint density at radius 3 is 1.00 bits per heavy atom. The van der Waals surface area contributed by atoms with Gasteiger partial charge in [0.25, 0.3) is 0 Å². The first-order valence-electron chi connectivity index (χ1n) is 20.7. The molecule has 1 heterocycles. The van der Waals surface area contributed by atoms with E-state index in [9.17, 15) is 5.11 Å². The molecule has 0 aromatic heterocycles. The molecule has 0 fully saturated rings. The van der Waals surface area contributed by atoms with E-state index in [1.807, 2.05) is 53.2 Å². The molecule has 63 heavy (non-hydrogen) atoms. The topological polar surface area (TPSA) is 43.8 Å². The molecule has 1 aliphatic heterocycles. The Morgan fingerprint density at radius 2 is 0.778 bits per heavy atom. The Labute approximate surface area is 393 Å². The zero-order valence-electron chi connectivity index (χ0n) is 37.3. The van der Waals surface area contributed by atoms with Crippen LogP contribution in [0.2, 0.25) is 0 Å². The second kappa shape index (κ2) is 25.4. The van der Waals surface area contributed by atoms with E-state index in [0.29, 0.717) is 5.75 Å². The summed E-state index contributed by atoms with van der Waals surface area (Å²) in [5.41, 5.74) is 3.00. The molecule has 4 nitrogen and oxygen atoms in total. The summed E-state index contributed by atoms with van der Waals surface area (Å²) in [6, 6.07) is 69.2. The van der Waals surface area contributed by atoms with Crippen LogP contribution in [0.3, 0.4) is 0 Å². The van der Waals surface area contributed by atoms with Gasteiger partial charge in [-0.1, -0.05) is 157 Å². The summed E-state index contributed by atoms with van der Waals surface area (Å²) in [6.07, 6.45) is 3.94. The zero-order chi connectivity index (χ0) is 45.8. The van der Waals surface area contributed by atoms with Crippen molar-refractivity contribution in [1.29, 1.82) is 0 Å². The van der Waals surface area contributed by atoms with Crippen molar-refractivity contribution in [3.05, 3.63) is 224 Å². The number of phenolic OH excluding ortho intramolecular Hbond substituents is 1. The number of phenols is 1. The van der Waals surface area contributed by atoms with Crippen molar-refractivity contribution in [3.8, 4) is 5.75 Å². The molecule has 0 unspecified atom stereocenters. The van der Waals surface area contributed by atoms with Gasteiger partial charge in [-0.3, -0.25) is 6.79 Å². The number of nitrogens with zero attached hydrogens (tertiary/aromatic N) is 2. The summed E-state index contributed by atoms with van der Waals surface area (Å²) < 4.78 is 0. The summed E-state index contributed by atoms with van der Waals surface area (Å²) in [7, 11) is 4.79. The summed E-state index contributed by atoms with van der Waals surface area (Å²) in [6.45, 7) is 18.2. The molecule has 1 aliphatic rings. The van der Waals surface area contributed by atoms with Gasteiger partial charge in [-0.2, -0.15) is 6.67 Å². The van der Waals surface area contributed by atoms with Crippen LogP contribution in [0.25, 0.3) is 0 Å². The van der Waals surface area contributed by atoms with Crippen LogP contribution in [-0.4, -0.2) is 23.8 Å². The fourth-order valence-corrected chi connectivity index (χ4v) is 12.2. The monoisotopic (exact) mass is 979 g/mol. The number of carbonyl (C=O) groups excluding carboxylic acids is 1. The maximum absolute atomic E-state index is 10.7. The molecular weight excluding hydrogens is 919 g/mol. The smallest absolute Gasteiger partial charge is 0.0620 e. The van der Waals surface area contributed by atoms with Crippen molar-refractivity contribution in [2.45, 2.75) is 52.4 Å². The van der Waals surface area contributed by atoms with E-state index in [4.69, 9.17) is 4.79 Å². The molecule has 325 valence electrons. The van der Waals surface area contributed by atoms with Crippen molar-refractivity contribution in [2.75, 3.05) is 11.9 Å². The number of halogens is 1. The Morgan fingerprint density at radius 1 is 0.492 bits per heavy atom. The van der Waals surface area contributed by atoms with E-state index in [1.165, 1.54) is 37.4 Å². The minimum absolute atomic E-state index is 0.0395. The molecule has 0 spiro atoms. The second-order valence-electron chi connectivity index (χ2n) is 16.8. The third-order valence-corrected chi connectivity index (χ3v) is 15.6. The van der Waals surface area contributed by atoms with Gasteiger partial charge in [0.05, 0.1) is 21.5 Å². The van der Waals surface area contributed by atoms with Crippen LogP contribution in [0.15, 0.2) is 207 Å². The van der Waals surface area contributed by atoms with Gasteiger partial charge in [0.15, 0.2) is 0 Å². The number of anilines is 1. The number of aromatic hydroxyl groups is 1. The number of hydrogen-bond acceptors (Lipinski definition) is 4. The van der Waals surface area contributed by atoms with Crippen molar-refractivity contribution in [1.82, 2.24) is 4.90 Å². The van der Waals surface area contributed by atoms with Crippen LogP contribution in [0.4, 0.5) is 5.69 Å². The number of rotatable bonds is 7. The van der Waals surface area contributed by atoms with Gasteiger partial charge >= 0.3 is 27.0 Å². The molecular formula is C55H60ClN2O2P2Ru+2. The van der Waals surface area contributed by atoms with E-state index in [-0.39, 0.29) is 10.8 Å². The van der Waals surface area contributed by atoms with Crippen molar-refractivity contribution in [2.24, 2.45) is 0 Å². The summed E-state index contributed by atoms with van der Waals surface area (Å²) in [4.78, 5) is 11.7. The van der Waals surface area contributed by atoms with Gasteiger partial charge in [-0.15, -0.1) is 0 Å². The van der Waals surface area contributed by atoms with Gasteiger partial charge < -0.3 is 19.7 Å². The molecule has 0 amide bonds. The average Bonchev–Trinajstić information content (AvgIpc) is 3.75. The van der Waals surface area contributed by atoms with Gasteiger partial charge in [-0.25, -0.2) is 0 Å². The first-order valence-corrected chi connectivity index (χ1v) is 26.0. The predicted molar refractivity (Wildman–Crippen MR) is 275 cm³/mol. The fraction of sp³-hybridized carbons (Fsp3) is 0.164. The quantitative estimate of drug-likeness (QED) is 0.0748. The molecule has 0 saturated heterocycles. The number of hydrogen-bond donors (Lipinski definition) is 1. The second-order valence-corrected chi connectivity index (χ2v) is 21.8. The van der Waals surface area contributed by atoms with Crippen LogP contribution >= 0.6 is 25.5 Å². The SMILES string of the molecule is CN1C=CN(c2cc(C(C)(C)C)cc(C(C)(C)C)c2O)[CH-]1.[CH-]=O.[Cl][Ru+2].c1ccc([PH+](c2ccccc2)c2ccccc2)cc1.c1ccc([PH+](c2ccccc2)c2ccccc2)cc1. The largest absolute Gasteiger partial charge is 0.102 e. The first kappa shape index (κ1) is 50.8. The maximum atomic E-state index is 10.7. The van der Waals surface area contributed by atoms with E-state index < -0.39 is 15.8 Å². The number of benzene rings is 7. The van der Waals surface area contributed by atoms with Crippen LogP contribution in [0, 0.1) is 6.67 Å². The van der Waals surface area contributed by atoms with Crippen LogP contribution in [0.1, 0.15) is 52.7 Å². The van der Waals surface area contributed by atoms with Crippen molar-refractivity contribution in [3.63, 3.8) is 0 Å². The van der Waals surface area contributed by atoms with Gasteiger partial charge in [0.1, 0.15) is 37.6 Å². The van der Waals surface area contributed by atoms with Gasteiger partial charge in [-0.05, 0) is 115 Å². The van der Waals surface area contributed by atoms with Crippen molar-refractivity contribution >= 4 is 69.8 Å². The summed E-state index contributed by atoms with van der Waals surface area (Å²) in [5, 5.41) is 19.4. The summed E-state index contributed by atoms with van der Waals surface area (Å²) >= 11 is 1.82. The molecule has 1 N–H and O–H groups in total. The van der Waals surface area contributed by atoms with Crippen LogP contribution in [-0.2, 0) is 32.9 Å². The molecule has 0 atom stereocenters. The third kappa shape index (κ3) is 14.8. The molecule has 8 heteroatoms. The maximum Gasteiger partial charge on any atom is 0.102 e.